The predicted molar refractivity (Wildman–Crippen MR) is 145 cm³/mol. The van der Waals surface area contributed by atoms with Gasteiger partial charge in [-0.2, -0.15) is 0 Å². The van der Waals surface area contributed by atoms with Crippen LogP contribution < -0.4 is 10.3 Å². The van der Waals surface area contributed by atoms with Gasteiger partial charge < -0.3 is 14.1 Å². The van der Waals surface area contributed by atoms with Gasteiger partial charge in [-0.25, -0.2) is 4.68 Å². The van der Waals surface area contributed by atoms with Gasteiger partial charge in [-0.05, 0) is 72.7 Å². The summed E-state index contributed by atoms with van der Waals surface area (Å²) in [5, 5.41) is 13.6. The molecule has 9 nitrogen and oxygen atoms in total. The summed E-state index contributed by atoms with van der Waals surface area (Å²) in [4.78, 5) is 18.5. The smallest absolute Gasteiger partial charge is 0.252 e. The van der Waals surface area contributed by atoms with E-state index in [9.17, 15) is 4.79 Å². The largest absolute Gasteiger partial charge is 0.494 e. The molecule has 2 aromatic carbocycles. The molecule has 196 valence electrons. The summed E-state index contributed by atoms with van der Waals surface area (Å²) in [6.45, 7) is 8.20. The van der Waals surface area contributed by atoms with E-state index in [0.29, 0.717) is 31.8 Å². The molecule has 38 heavy (non-hydrogen) atoms. The van der Waals surface area contributed by atoms with Crippen molar-refractivity contribution in [3.05, 3.63) is 106 Å². The molecule has 1 N–H and O–H groups in total. The van der Waals surface area contributed by atoms with Gasteiger partial charge in [0.2, 0.25) is 0 Å². The summed E-state index contributed by atoms with van der Waals surface area (Å²) in [6.07, 6.45) is 2.40. The van der Waals surface area contributed by atoms with Crippen molar-refractivity contribution in [3.8, 4) is 5.75 Å². The van der Waals surface area contributed by atoms with Crippen LogP contribution in [0.25, 0.3) is 10.9 Å². The first kappa shape index (κ1) is 25.4. The van der Waals surface area contributed by atoms with E-state index in [1.54, 1.807) is 10.9 Å². The number of H-pyrrole nitrogens is 1. The van der Waals surface area contributed by atoms with Crippen molar-refractivity contribution in [1.82, 2.24) is 30.1 Å². The Morgan fingerprint density at radius 2 is 1.92 bits per heavy atom. The standard InChI is InChI=1S/C29H32N6O3/c1-4-27(28-31-32-33-35(28)19-25-7-6-14-38-25)34(17-21-10-8-20(3)9-11-21)18-23-15-22-16-24(37-5-2)12-13-26(22)30-29(23)36/h6-16,27H,4-5,17-19H2,1-3H3,(H,30,36)/t27-/m1/s1. The summed E-state index contributed by atoms with van der Waals surface area (Å²) >= 11 is 0. The van der Waals surface area contributed by atoms with Gasteiger partial charge in [0, 0.05) is 29.6 Å². The lowest BCUT2D eigenvalue weighted by Gasteiger charge is -2.30. The zero-order valence-corrected chi connectivity index (χ0v) is 21.9. The van der Waals surface area contributed by atoms with Gasteiger partial charge >= 0.3 is 0 Å². The van der Waals surface area contributed by atoms with Crippen LogP contribution in [0.1, 0.15) is 54.6 Å². The maximum absolute atomic E-state index is 13.2. The first-order valence-corrected chi connectivity index (χ1v) is 12.9. The minimum Gasteiger partial charge on any atom is -0.494 e. The number of nitrogens with one attached hydrogen (secondary N) is 1. The highest BCUT2D eigenvalue weighted by molar-refractivity contribution is 5.80. The SMILES string of the molecule is CCOc1ccc2[nH]c(=O)c(CN(Cc3ccc(C)cc3)[C@H](CC)c3nnnn3Cc3ccco3)cc2c1. The molecule has 0 aliphatic heterocycles. The van der Waals surface area contributed by atoms with Crippen LogP contribution in [0.2, 0.25) is 0 Å². The van der Waals surface area contributed by atoms with Gasteiger partial charge in [0.25, 0.3) is 5.56 Å². The van der Waals surface area contributed by atoms with Crippen LogP contribution in [-0.4, -0.2) is 36.7 Å². The van der Waals surface area contributed by atoms with Crippen molar-refractivity contribution >= 4 is 10.9 Å². The minimum absolute atomic E-state index is 0.111. The fraction of sp³-hybridized carbons (Fsp3) is 0.310. The van der Waals surface area contributed by atoms with Gasteiger partial charge in [0.15, 0.2) is 5.82 Å². The molecule has 0 saturated heterocycles. The number of rotatable bonds is 11. The van der Waals surface area contributed by atoms with Crippen LogP contribution in [0.3, 0.4) is 0 Å². The van der Waals surface area contributed by atoms with Crippen LogP contribution in [0.5, 0.6) is 5.75 Å². The second-order valence-electron chi connectivity index (χ2n) is 9.39. The molecule has 5 rings (SSSR count). The molecular weight excluding hydrogens is 480 g/mol. The van der Waals surface area contributed by atoms with Gasteiger partial charge in [0.05, 0.1) is 18.9 Å². The van der Waals surface area contributed by atoms with Crippen molar-refractivity contribution in [2.75, 3.05) is 6.61 Å². The van der Waals surface area contributed by atoms with E-state index in [2.05, 4.69) is 63.5 Å². The Bertz CT molecular complexity index is 1540. The summed E-state index contributed by atoms with van der Waals surface area (Å²) in [5.41, 5.74) is 3.69. The van der Waals surface area contributed by atoms with Crippen molar-refractivity contribution in [1.29, 1.82) is 0 Å². The highest BCUT2D eigenvalue weighted by Gasteiger charge is 2.26. The first-order chi connectivity index (χ1) is 18.5. The van der Waals surface area contributed by atoms with E-state index in [1.807, 2.05) is 43.3 Å². The van der Waals surface area contributed by atoms with Crippen LogP contribution in [0.15, 0.2) is 76.1 Å². The third kappa shape index (κ3) is 5.68. The number of tetrazole rings is 1. The Balaban J connectivity index is 1.52. The predicted octanol–water partition coefficient (Wildman–Crippen LogP) is 5.02. The highest BCUT2D eigenvalue weighted by atomic mass is 16.5. The Morgan fingerprint density at radius 1 is 1.08 bits per heavy atom. The average molecular weight is 513 g/mol. The van der Waals surface area contributed by atoms with Crippen molar-refractivity contribution < 1.29 is 9.15 Å². The quantitative estimate of drug-likeness (QED) is 0.265. The number of benzene rings is 2. The highest BCUT2D eigenvalue weighted by Crippen LogP contribution is 2.27. The zero-order chi connectivity index (χ0) is 26.5. The molecule has 0 aliphatic carbocycles. The summed E-state index contributed by atoms with van der Waals surface area (Å²) in [5.74, 6) is 2.28. The molecule has 1 atom stereocenters. The maximum Gasteiger partial charge on any atom is 0.252 e. The Hall–Kier alpha value is -4.24. The Kier molecular flexibility index (Phi) is 7.65. The average Bonchev–Trinajstić information content (AvgIpc) is 3.59. The molecule has 0 unspecified atom stereocenters. The molecular formula is C29H32N6O3. The van der Waals surface area contributed by atoms with Crippen molar-refractivity contribution in [3.63, 3.8) is 0 Å². The molecule has 5 aromatic rings. The van der Waals surface area contributed by atoms with E-state index in [-0.39, 0.29) is 11.6 Å². The molecule has 3 aromatic heterocycles. The van der Waals surface area contributed by atoms with E-state index < -0.39 is 0 Å². The van der Waals surface area contributed by atoms with E-state index in [0.717, 1.165) is 40.2 Å². The number of nitrogens with zero attached hydrogens (tertiary/aromatic N) is 5. The van der Waals surface area contributed by atoms with Gasteiger partial charge in [-0.3, -0.25) is 9.69 Å². The van der Waals surface area contributed by atoms with Gasteiger partial charge in [-0.15, -0.1) is 5.10 Å². The number of fused-ring (bicyclic) bond motifs is 1. The monoisotopic (exact) mass is 512 g/mol. The molecule has 0 spiro atoms. The van der Waals surface area contributed by atoms with Crippen molar-refractivity contribution in [2.45, 2.75) is 52.9 Å². The molecule has 0 fully saturated rings. The fourth-order valence-electron chi connectivity index (χ4n) is 4.74. The first-order valence-electron chi connectivity index (χ1n) is 12.9. The van der Waals surface area contributed by atoms with E-state index in [1.165, 1.54) is 5.56 Å². The van der Waals surface area contributed by atoms with Gasteiger partial charge in [-0.1, -0.05) is 36.8 Å². The number of aromatic nitrogens is 5. The van der Waals surface area contributed by atoms with Gasteiger partial charge in [0.1, 0.15) is 18.1 Å². The van der Waals surface area contributed by atoms with Crippen LogP contribution in [0.4, 0.5) is 0 Å². The number of pyridine rings is 1. The van der Waals surface area contributed by atoms with Crippen molar-refractivity contribution in [2.24, 2.45) is 0 Å². The molecule has 0 radical (unpaired) electrons. The zero-order valence-electron chi connectivity index (χ0n) is 21.9. The maximum atomic E-state index is 13.2. The van der Waals surface area contributed by atoms with Crippen LogP contribution in [-0.2, 0) is 19.6 Å². The summed E-state index contributed by atoms with van der Waals surface area (Å²) < 4.78 is 13.0. The molecule has 0 amide bonds. The van der Waals surface area contributed by atoms with E-state index >= 15 is 0 Å². The van der Waals surface area contributed by atoms with Crippen LogP contribution >= 0.6 is 0 Å². The number of furan rings is 1. The Morgan fingerprint density at radius 3 is 2.66 bits per heavy atom. The summed E-state index contributed by atoms with van der Waals surface area (Å²) in [6, 6.07) is 19.8. The summed E-state index contributed by atoms with van der Waals surface area (Å²) in [7, 11) is 0. The minimum atomic E-state index is -0.133. The third-order valence-electron chi connectivity index (χ3n) is 6.65. The fourth-order valence-corrected chi connectivity index (χ4v) is 4.74. The third-order valence-corrected chi connectivity index (χ3v) is 6.65. The number of hydrogen-bond donors (Lipinski definition) is 1. The lowest BCUT2D eigenvalue weighted by atomic mass is 10.1. The topological polar surface area (TPSA) is 102 Å². The lowest BCUT2D eigenvalue weighted by Crippen LogP contribution is -2.32. The number of hydrogen-bond acceptors (Lipinski definition) is 7. The number of ether oxygens (including phenoxy) is 1. The van der Waals surface area contributed by atoms with Crippen LogP contribution in [0, 0.1) is 6.92 Å². The molecule has 0 saturated carbocycles. The van der Waals surface area contributed by atoms with E-state index in [4.69, 9.17) is 9.15 Å². The second-order valence-corrected chi connectivity index (χ2v) is 9.39. The molecule has 9 heteroatoms. The number of aryl methyl sites for hydroxylation is 1. The molecule has 0 aliphatic rings. The Labute approximate surface area is 221 Å². The lowest BCUT2D eigenvalue weighted by molar-refractivity contribution is 0.161. The molecule has 3 heterocycles. The molecule has 0 bridgehead atoms. The number of aromatic amines is 1. The normalized spacial score (nSPS) is 12.3. The second kappa shape index (κ2) is 11.4.